The molecule has 0 saturated carbocycles. The van der Waals surface area contributed by atoms with Gasteiger partial charge in [-0.1, -0.05) is 6.92 Å². The highest BCUT2D eigenvalue weighted by molar-refractivity contribution is 7.91. The molecule has 0 aromatic heterocycles. The second-order valence-electron chi connectivity index (χ2n) is 6.49. The van der Waals surface area contributed by atoms with Gasteiger partial charge in [-0.3, -0.25) is 0 Å². The van der Waals surface area contributed by atoms with E-state index in [1.807, 2.05) is 6.92 Å². The van der Waals surface area contributed by atoms with Crippen LogP contribution in [0.15, 0.2) is 0 Å². The molecule has 1 rings (SSSR count). The second kappa shape index (κ2) is 5.10. The molecule has 0 unspecified atom stereocenters. The van der Waals surface area contributed by atoms with Gasteiger partial charge in [0.05, 0.1) is 17.0 Å². The number of hydrogen-bond acceptors (Lipinski definition) is 4. The first-order chi connectivity index (χ1) is 7.97. The second-order valence-corrected chi connectivity index (χ2v) is 8.89. The highest BCUT2D eigenvalue weighted by atomic mass is 32.2. The summed E-state index contributed by atoms with van der Waals surface area (Å²) in [6.45, 7) is 11.9. The molecular formula is C13H27NO3S. The van der Waals surface area contributed by atoms with E-state index in [0.717, 1.165) is 6.42 Å². The molecule has 1 aliphatic heterocycles. The first kappa shape index (κ1) is 15.9. The largest absolute Gasteiger partial charge is 0.368 e. The molecule has 1 heterocycles. The summed E-state index contributed by atoms with van der Waals surface area (Å²) in [5.74, 6) is 0.394. The zero-order valence-electron chi connectivity index (χ0n) is 12.4. The number of nitrogens with one attached hydrogen (secondary N) is 1. The molecule has 0 aromatic carbocycles. The van der Waals surface area contributed by atoms with E-state index in [9.17, 15) is 8.42 Å². The minimum atomic E-state index is -2.93. The fourth-order valence-electron chi connectivity index (χ4n) is 2.71. The molecule has 5 heteroatoms. The molecule has 4 nitrogen and oxygen atoms in total. The molecule has 1 aliphatic rings. The lowest BCUT2D eigenvalue weighted by molar-refractivity contribution is -0.0702. The van der Waals surface area contributed by atoms with E-state index in [0.29, 0.717) is 0 Å². The van der Waals surface area contributed by atoms with Crippen LogP contribution < -0.4 is 5.32 Å². The zero-order valence-corrected chi connectivity index (χ0v) is 13.2. The van der Waals surface area contributed by atoms with Gasteiger partial charge in [0.15, 0.2) is 9.84 Å². The smallest absolute Gasteiger partial charge is 0.151 e. The summed E-state index contributed by atoms with van der Waals surface area (Å²) in [4.78, 5) is 0. The van der Waals surface area contributed by atoms with Crippen molar-refractivity contribution in [2.75, 3.05) is 11.5 Å². The Morgan fingerprint density at radius 3 is 2.28 bits per heavy atom. The van der Waals surface area contributed by atoms with Crippen LogP contribution in [-0.2, 0) is 14.6 Å². The van der Waals surface area contributed by atoms with Crippen LogP contribution in [0, 0.1) is 0 Å². The van der Waals surface area contributed by atoms with E-state index in [-0.39, 0.29) is 34.8 Å². The summed E-state index contributed by atoms with van der Waals surface area (Å²) in [5, 5.41) is 3.41. The molecule has 0 aromatic rings. The first-order valence-corrected chi connectivity index (χ1v) is 8.46. The van der Waals surface area contributed by atoms with Crippen LogP contribution in [0.4, 0.5) is 0 Å². The van der Waals surface area contributed by atoms with Crippen molar-refractivity contribution >= 4 is 9.84 Å². The molecule has 2 atom stereocenters. The van der Waals surface area contributed by atoms with Crippen LogP contribution in [0.3, 0.4) is 0 Å². The normalized spacial score (nSPS) is 28.2. The van der Waals surface area contributed by atoms with Crippen LogP contribution in [0.5, 0.6) is 0 Å². The summed E-state index contributed by atoms with van der Waals surface area (Å²) >= 11 is 0. The van der Waals surface area contributed by atoms with E-state index in [1.165, 1.54) is 0 Å². The average molecular weight is 277 g/mol. The van der Waals surface area contributed by atoms with E-state index < -0.39 is 9.84 Å². The molecule has 0 amide bonds. The topological polar surface area (TPSA) is 55.4 Å². The predicted molar refractivity (Wildman–Crippen MR) is 74.6 cm³/mol. The van der Waals surface area contributed by atoms with E-state index in [2.05, 4.69) is 33.0 Å². The Morgan fingerprint density at radius 2 is 1.89 bits per heavy atom. The van der Waals surface area contributed by atoms with Crippen molar-refractivity contribution in [2.24, 2.45) is 0 Å². The van der Waals surface area contributed by atoms with Gasteiger partial charge in [0, 0.05) is 17.8 Å². The minimum absolute atomic E-state index is 0.0447. The molecule has 1 N–H and O–H groups in total. The van der Waals surface area contributed by atoms with Gasteiger partial charge >= 0.3 is 0 Å². The molecule has 108 valence electrons. The summed E-state index contributed by atoms with van der Waals surface area (Å²) < 4.78 is 29.2. The molecule has 0 radical (unpaired) electrons. The van der Waals surface area contributed by atoms with E-state index in [1.54, 1.807) is 6.92 Å². The Labute approximate surface area is 111 Å². The third kappa shape index (κ3) is 4.21. The number of rotatable bonds is 5. The minimum Gasteiger partial charge on any atom is -0.368 e. The highest BCUT2D eigenvalue weighted by Gasteiger charge is 2.46. The third-order valence-corrected chi connectivity index (χ3v) is 5.39. The standard InChI is InChI=1S/C13H27NO3S/c1-7-18(15,16)9-10(2)14-11-8-12(3,4)17-13(11,5)6/h10-11,14H,7-9H2,1-6H3/t10-,11-/m0/s1. The summed E-state index contributed by atoms with van der Waals surface area (Å²) in [6, 6.07) is 0.145. The SMILES string of the molecule is CCS(=O)(=O)C[C@H](C)N[C@H]1CC(C)(C)OC1(C)C. The quantitative estimate of drug-likeness (QED) is 0.832. The molecule has 0 aliphatic carbocycles. The van der Waals surface area contributed by atoms with Gasteiger partial charge < -0.3 is 10.1 Å². The Balaban J connectivity index is 2.63. The van der Waals surface area contributed by atoms with Crippen molar-refractivity contribution in [1.82, 2.24) is 5.32 Å². The Morgan fingerprint density at radius 1 is 1.33 bits per heavy atom. The number of hydrogen-bond donors (Lipinski definition) is 1. The van der Waals surface area contributed by atoms with E-state index >= 15 is 0 Å². The molecule has 0 bridgehead atoms. The average Bonchev–Trinajstić information content (AvgIpc) is 2.33. The van der Waals surface area contributed by atoms with Gasteiger partial charge in [0.2, 0.25) is 0 Å². The van der Waals surface area contributed by atoms with Crippen molar-refractivity contribution in [2.45, 2.75) is 71.2 Å². The molecule has 18 heavy (non-hydrogen) atoms. The third-order valence-electron chi connectivity index (χ3n) is 3.50. The first-order valence-electron chi connectivity index (χ1n) is 6.64. The van der Waals surface area contributed by atoms with Gasteiger partial charge in [-0.05, 0) is 41.0 Å². The molecule has 1 fully saturated rings. The van der Waals surface area contributed by atoms with Crippen LogP contribution in [0.2, 0.25) is 0 Å². The van der Waals surface area contributed by atoms with Crippen LogP contribution in [0.25, 0.3) is 0 Å². The van der Waals surface area contributed by atoms with Crippen molar-refractivity contribution in [3.63, 3.8) is 0 Å². The van der Waals surface area contributed by atoms with Crippen LogP contribution in [-0.4, -0.2) is 43.2 Å². The number of sulfone groups is 1. The lowest BCUT2D eigenvalue weighted by atomic mass is 9.94. The maximum Gasteiger partial charge on any atom is 0.151 e. The fraction of sp³-hybridized carbons (Fsp3) is 1.00. The molecule has 0 spiro atoms. The lowest BCUT2D eigenvalue weighted by Crippen LogP contribution is -2.49. The summed E-state index contributed by atoms with van der Waals surface area (Å²) in [6.07, 6.45) is 0.899. The molecular weight excluding hydrogens is 250 g/mol. The van der Waals surface area contributed by atoms with Crippen molar-refractivity contribution in [1.29, 1.82) is 0 Å². The van der Waals surface area contributed by atoms with Crippen molar-refractivity contribution in [3.05, 3.63) is 0 Å². The zero-order chi connectivity index (χ0) is 14.2. The van der Waals surface area contributed by atoms with Gasteiger partial charge in [0.25, 0.3) is 0 Å². The van der Waals surface area contributed by atoms with Crippen LogP contribution >= 0.6 is 0 Å². The monoisotopic (exact) mass is 277 g/mol. The highest BCUT2D eigenvalue weighted by Crippen LogP contribution is 2.37. The predicted octanol–water partition coefficient (Wildman–Crippen LogP) is 1.75. The van der Waals surface area contributed by atoms with Gasteiger partial charge in [-0.25, -0.2) is 8.42 Å². The number of ether oxygens (including phenoxy) is 1. The summed E-state index contributed by atoms with van der Waals surface area (Å²) in [7, 11) is -2.93. The summed E-state index contributed by atoms with van der Waals surface area (Å²) in [5.41, 5.74) is -0.405. The molecule has 1 saturated heterocycles. The lowest BCUT2D eigenvalue weighted by Gasteiger charge is -2.30. The van der Waals surface area contributed by atoms with Crippen molar-refractivity contribution < 1.29 is 13.2 Å². The fourth-order valence-corrected chi connectivity index (χ4v) is 3.81. The maximum absolute atomic E-state index is 11.6. The van der Waals surface area contributed by atoms with E-state index in [4.69, 9.17) is 4.74 Å². The Kier molecular flexibility index (Phi) is 4.51. The van der Waals surface area contributed by atoms with Gasteiger partial charge in [-0.15, -0.1) is 0 Å². The van der Waals surface area contributed by atoms with Crippen LogP contribution in [0.1, 0.15) is 48.0 Å². The van der Waals surface area contributed by atoms with Gasteiger partial charge in [-0.2, -0.15) is 0 Å². The Hall–Kier alpha value is -0.130. The maximum atomic E-state index is 11.6. The van der Waals surface area contributed by atoms with Crippen molar-refractivity contribution in [3.8, 4) is 0 Å². The Bertz CT molecular complexity index is 387. The van der Waals surface area contributed by atoms with Gasteiger partial charge in [0.1, 0.15) is 0 Å².